The highest BCUT2D eigenvalue weighted by Gasteiger charge is 2.28. The topological polar surface area (TPSA) is 89.5 Å². The van der Waals surface area contributed by atoms with Gasteiger partial charge < -0.3 is 15.4 Å². The van der Waals surface area contributed by atoms with E-state index < -0.39 is 0 Å². The maximum Gasteiger partial charge on any atom is 0.276 e. The van der Waals surface area contributed by atoms with Crippen LogP contribution in [0.1, 0.15) is 55.1 Å². The molecule has 1 aromatic heterocycles. The van der Waals surface area contributed by atoms with E-state index in [1.165, 1.54) is 6.42 Å². The van der Waals surface area contributed by atoms with E-state index in [0.717, 1.165) is 71.4 Å². The predicted octanol–water partition coefficient (Wildman–Crippen LogP) is 0.657. The van der Waals surface area contributed by atoms with Crippen molar-refractivity contribution >= 4 is 5.91 Å². The van der Waals surface area contributed by atoms with Crippen molar-refractivity contribution in [1.29, 1.82) is 0 Å². The zero-order valence-electron chi connectivity index (χ0n) is 15.4. The molecule has 1 saturated carbocycles. The Kier molecular flexibility index (Phi) is 5.52. The highest BCUT2D eigenvalue weighted by atomic mass is 16.5. The zero-order chi connectivity index (χ0) is 17.9. The molecule has 1 aromatic rings. The summed E-state index contributed by atoms with van der Waals surface area (Å²) in [5.74, 6) is 0.000488. The van der Waals surface area contributed by atoms with E-state index in [1.807, 2.05) is 15.8 Å². The van der Waals surface area contributed by atoms with E-state index in [0.29, 0.717) is 23.9 Å². The van der Waals surface area contributed by atoms with Crippen LogP contribution in [-0.4, -0.2) is 82.2 Å². The number of nitrogens with zero attached hydrogens (tertiary/aromatic N) is 5. The molecule has 4 rings (SSSR count). The molecule has 2 aliphatic heterocycles. The average molecular weight is 362 g/mol. The molecule has 0 bridgehead atoms. The van der Waals surface area contributed by atoms with Gasteiger partial charge in [0.05, 0.1) is 18.3 Å². The lowest BCUT2D eigenvalue weighted by Gasteiger charge is -2.35. The second-order valence-electron chi connectivity index (χ2n) is 7.88. The second-order valence-corrected chi connectivity index (χ2v) is 7.88. The monoisotopic (exact) mass is 362 g/mol. The van der Waals surface area contributed by atoms with Crippen LogP contribution in [0, 0.1) is 0 Å². The fourth-order valence-electron chi connectivity index (χ4n) is 4.29. The molecule has 3 heterocycles. The lowest BCUT2D eigenvalue weighted by atomic mass is 9.92. The van der Waals surface area contributed by atoms with Crippen molar-refractivity contribution in [3.05, 3.63) is 11.9 Å². The largest absolute Gasteiger partial charge is 0.377 e. The summed E-state index contributed by atoms with van der Waals surface area (Å²) >= 11 is 0. The number of nitrogens with two attached hydrogens (primary N) is 1. The van der Waals surface area contributed by atoms with E-state index in [1.54, 1.807) is 0 Å². The molecule has 1 aliphatic carbocycles. The minimum Gasteiger partial charge on any atom is -0.377 e. The molecule has 1 amide bonds. The molecular weight excluding hydrogens is 332 g/mol. The normalized spacial score (nSPS) is 30.7. The van der Waals surface area contributed by atoms with Gasteiger partial charge in [-0.2, -0.15) is 0 Å². The Balaban J connectivity index is 1.28. The van der Waals surface area contributed by atoms with Crippen molar-refractivity contribution in [3.63, 3.8) is 0 Å². The molecule has 3 fully saturated rings. The Morgan fingerprint density at radius 2 is 1.92 bits per heavy atom. The number of piperazine rings is 1. The highest BCUT2D eigenvalue weighted by Crippen LogP contribution is 2.27. The van der Waals surface area contributed by atoms with Gasteiger partial charge in [0, 0.05) is 45.4 Å². The first-order valence-electron chi connectivity index (χ1n) is 9.99. The summed E-state index contributed by atoms with van der Waals surface area (Å²) in [5.41, 5.74) is 6.44. The summed E-state index contributed by atoms with van der Waals surface area (Å²) in [7, 11) is 0. The highest BCUT2D eigenvalue weighted by molar-refractivity contribution is 5.92. The Morgan fingerprint density at radius 3 is 2.62 bits per heavy atom. The summed E-state index contributed by atoms with van der Waals surface area (Å²) < 4.78 is 7.58. The van der Waals surface area contributed by atoms with Crippen LogP contribution >= 0.6 is 0 Å². The van der Waals surface area contributed by atoms with Gasteiger partial charge in [0.25, 0.3) is 5.91 Å². The van der Waals surface area contributed by atoms with Gasteiger partial charge >= 0.3 is 0 Å². The molecule has 1 atom stereocenters. The third-order valence-corrected chi connectivity index (χ3v) is 5.99. The number of hydrogen-bond acceptors (Lipinski definition) is 6. The molecule has 0 unspecified atom stereocenters. The van der Waals surface area contributed by atoms with Crippen molar-refractivity contribution in [2.45, 2.75) is 56.7 Å². The first-order valence-corrected chi connectivity index (χ1v) is 9.99. The van der Waals surface area contributed by atoms with Crippen LogP contribution in [0.4, 0.5) is 0 Å². The quantitative estimate of drug-likeness (QED) is 0.846. The summed E-state index contributed by atoms with van der Waals surface area (Å²) in [5, 5.41) is 8.36. The predicted molar refractivity (Wildman–Crippen MR) is 96.8 cm³/mol. The fourth-order valence-corrected chi connectivity index (χ4v) is 4.29. The molecular formula is C18H30N6O2. The summed E-state index contributed by atoms with van der Waals surface area (Å²) in [6, 6.07) is 0.633. The standard InChI is InChI=1S/C18H30N6O2/c19-14-3-5-15(6-4-14)24-13-17(20-21-24)18(25)23-9-7-22(8-10-23)12-16-2-1-11-26-16/h13-16H,1-12,19H2/t14?,15?,16-/m1/s1. The maximum absolute atomic E-state index is 12.7. The van der Waals surface area contributed by atoms with E-state index in [4.69, 9.17) is 10.5 Å². The minimum atomic E-state index is 0.000488. The van der Waals surface area contributed by atoms with E-state index >= 15 is 0 Å². The Bertz CT molecular complexity index is 599. The van der Waals surface area contributed by atoms with Gasteiger partial charge in [0.2, 0.25) is 0 Å². The number of amides is 1. The fraction of sp³-hybridized carbons (Fsp3) is 0.833. The third-order valence-electron chi connectivity index (χ3n) is 5.99. The van der Waals surface area contributed by atoms with Crippen LogP contribution in [0.25, 0.3) is 0 Å². The number of rotatable bonds is 4. The van der Waals surface area contributed by atoms with Crippen LogP contribution in [0.2, 0.25) is 0 Å². The number of ether oxygens (including phenoxy) is 1. The van der Waals surface area contributed by atoms with Crippen LogP contribution in [0.5, 0.6) is 0 Å². The molecule has 8 heteroatoms. The Labute approximate surface area is 154 Å². The van der Waals surface area contributed by atoms with Crippen molar-refractivity contribution in [3.8, 4) is 0 Å². The van der Waals surface area contributed by atoms with Gasteiger partial charge in [-0.3, -0.25) is 9.69 Å². The van der Waals surface area contributed by atoms with E-state index in [2.05, 4.69) is 15.2 Å². The third kappa shape index (κ3) is 4.07. The zero-order valence-corrected chi connectivity index (χ0v) is 15.4. The molecule has 2 saturated heterocycles. The van der Waals surface area contributed by atoms with Crippen LogP contribution in [0.15, 0.2) is 6.20 Å². The van der Waals surface area contributed by atoms with Crippen molar-refractivity contribution in [2.24, 2.45) is 5.73 Å². The molecule has 0 aromatic carbocycles. The molecule has 8 nitrogen and oxygen atoms in total. The first-order chi connectivity index (χ1) is 12.7. The number of aromatic nitrogens is 3. The van der Waals surface area contributed by atoms with E-state index in [9.17, 15) is 4.79 Å². The van der Waals surface area contributed by atoms with Crippen molar-refractivity contribution in [1.82, 2.24) is 24.8 Å². The second kappa shape index (κ2) is 8.02. The molecule has 3 aliphatic rings. The molecule has 144 valence electrons. The summed E-state index contributed by atoms with van der Waals surface area (Å²) in [6.07, 6.45) is 8.59. The molecule has 0 radical (unpaired) electrons. The van der Waals surface area contributed by atoms with Gasteiger partial charge in [-0.1, -0.05) is 5.21 Å². The van der Waals surface area contributed by atoms with Gasteiger partial charge in [0.1, 0.15) is 0 Å². The van der Waals surface area contributed by atoms with Gasteiger partial charge in [-0.25, -0.2) is 4.68 Å². The van der Waals surface area contributed by atoms with Crippen LogP contribution in [0.3, 0.4) is 0 Å². The number of carbonyl (C=O) groups is 1. The van der Waals surface area contributed by atoms with Gasteiger partial charge in [-0.15, -0.1) is 5.10 Å². The van der Waals surface area contributed by atoms with Crippen molar-refractivity contribution in [2.75, 3.05) is 39.3 Å². The van der Waals surface area contributed by atoms with Gasteiger partial charge in [0.15, 0.2) is 5.69 Å². The smallest absolute Gasteiger partial charge is 0.276 e. The molecule has 26 heavy (non-hydrogen) atoms. The summed E-state index contributed by atoms with van der Waals surface area (Å²) in [6.45, 7) is 5.18. The Morgan fingerprint density at radius 1 is 1.15 bits per heavy atom. The molecule has 0 spiro atoms. The number of carbonyl (C=O) groups excluding carboxylic acids is 1. The first kappa shape index (κ1) is 17.9. The van der Waals surface area contributed by atoms with Crippen molar-refractivity contribution < 1.29 is 9.53 Å². The lowest BCUT2D eigenvalue weighted by Crippen LogP contribution is -2.50. The van der Waals surface area contributed by atoms with Gasteiger partial charge in [-0.05, 0) is 38.5 Å². The summed E-state index contributed by atoms with van der Waals surface area (Å²) in [4.78, 5) is 17.1. The average Bonchev–Trinajstić information content (AvgIpc) is 3.34. The van der Waals surface area contributed by atoms with Crippen LogP contribution < -0.4 is 5.73 Å². The lowest BCUT2D eigenvalue weighted by molar-refractivity contribution is 0.0429. The number of hydrogen-bond donors (Lipinski definition) is 1. The van der Waals surface area contributed by atoms with E-state index in [-0.39, 0.29) is 5.91 Å². The van der Waals surface area contributed by atoms with Crippen LogP contribution in [-0.2, 0) is 4.74 Å². The minimum absolute atomic E-state index is 0.000488. The SMILES string of the molecule is NC1CCC(n2cc(C(=O)N3CCN(C[C@H]4CCCO4)CC3)nn2)CC1. The Hall–Kier alpha value is -1.51. The molecule has 2 N–H and O–H groups in total. The maximum atomic E-state index is 12.7.